The van der Waals surface area contributed by atoms with Crippen LogP contribution in [0.3, 0.4) is 0 Å². The van der Waals surface area contributed by atoms with Crippen molar-refractivity contribution in [2.45, 2.75) is 6.92 Å². The topological polar surface area (TPSA) is 71.2 Å². The van der Waals surface area contributed by atoms with Gasteiger partial charge in [-0.3, -0.25) is 0 Å². The van der Waals surface area contributed by atoms with Gasteiger partial charge in [0.2, 0.25) is 0 Å². The quantitative estimate of drug-likeness (QED) is 0.630. The van der Waals surface area contributed by atoms with Crippen molar-refractivity contribution in [1.29, 1.82) is 0 Å². The summed E-state index contributed by atoms with van der Waals surface area (Å²) >= 11 is 0. The lowest BCUT2D eigenvalue weighted by atomic mass is 9.81. The molecule has 76 valence electrons. The minimum Gasteiger partial charge on any atom is -0.423 e. The van der Waals surface area contributed by atoms with Gasteiger partial charge in [-0.25, -0.2) is 9.67 Å². The van der Waals surface area contributed by atoms with E-state index in [2.05, 4.69) is 10.1 Å². The molecule has 0 radical (unpaired) electrons. The lowest BCUT2D eigenvalue weighted by molar-refractivity contribution is 0.425. The molecule has 0 saturated heterocycles. The number of hydrogen-bond acceptors (Lipinski definition) is 4. The van der Waals surface area contributed by atoms with Gasteiger partial charge in [-0.15, -0.1) is 0 Å². The van der Waals surface area contributed by atoms with E-state index in [9.17, 15) is 0 Å². The summed E-state index contributed by atoms with van der Waals surface area (Å²) in [6, 6.07) is 3.13. The van der Waals surface area contributed by atoms with Crippen LogP contribution in [0.25, 0.3) is 5.82 Å². The Labute approximate surface area is 87.2 Å². The van der Waals surface area contributed by atoms with Gasteiger partial charge >= 0.3 is 7.12 Å². The summed E-state index contributed by atoms with van der Waals surface area (Å²) in [6.45, 7) is 1.92. The first-order chi connectivity index (χ1) is 7.16. The Morgan fingerprint density at radius 1 is 1.40 bits per heavy atom. The predicted octanol–water partition coefficient (Wildman–Crippen LogP) is -0.744. The van der Waals surface area contributed by atoms with Crippen molar-refractivity contribution in [3.63, 3.8) is 0 Å². The van der Waals surface area contributed by atoms with E-state index in [4.69, 9.17) is 10.0 Å². The molecule has 6 heteroatoms. The van der Waals surface area contributed by atoms with Crippen LogP contribution >= 0.6 is 0 Å². The standard InChI is InChI=1S/C9H10BN3O2/c1-7-5-12-13(6-7)9-4-8(10(14)15)2-3-11-9/h2-6,14-15H,1H3. The third kappa shape index (κ3) is 2.06. The molecule has 2 heterocycles. The molecule has 0 aliphatic rings. The summed E-state index contributed by atoms with van der Waals surface area (Å²) in [6.07, 6.45) is 5.04. The first-order valence-corrected chi connectivity index (χ1v) is 4.50. The second-order valence-electron chi connectivity index (χ2n) is 3.28. The highest BCUT2D eigenvalue weighted by Crippen LogP contribution is 2.02. The van der Waals surface area contributed by atoms with Crippen molar-refractivity contribution in [1.82, 2.24) is 14.8 Å². The van der Waals surface area contributed by atoms with Crippen molar-refractivity contribution in [2.24, 2.45) is 0 Å². The number of aryl methyl sites for hydroxylation is 1. The molecule has 0 amide bonds. The highest BCUT2D eigenvalue weighted by Gasteiger charge is 2.12. The molecule has 0 aliphatic heterocycles. The van der Waals surface area contributed by atoms with Crippen LogP contribution in [0.4, 0.5) is 0 Å². The van der Waals surface area contributed by atoms with E-state index in [0.29, 0.717) is 11.3 Å². The Morgan fingerprint density at radius 2 is 2.20 bits per heavy atom. The Bertz CT molecular complexity index is 470. The molecule has 0 spiro atoms. The minimum atomic E-state index is -1.48. The highest BCUT2D eigenvalue weighted by molar-refractivity contribution is 6.58. The second-order valence-corrected chi connectivity index (χ2v) is 3.28. The van der Waals surface area contributed by atoms with Gasteiger partial charge in [0.05, 0.1) is 6.20 Å². The van der Waals surface area contributed by atoms with E-state index >= 15 is 0 Å². The summed E-state index contributed by atoms with van der Waals surface area (Å²) in [7, 11) is -1.48. The van der Waals surface area contributed by atoms with E-state index in [1.54, 1.807) is 23.0 Å². The van der Waals surface area contributed by atoms with Gasteiger partial charge in [-0.05, 0) is 30.1 Å². The molecule has 2 aromatic rings. The smallest absolute Gasteiger partial charge is 0.423 e. The maximum absolute atomic E-state index is 9.00. The SMILES string of the molecule is Cc1cnn(-c2cc(B(O)O)ccn2)c1. The number of hydrogen-bond donors (Lipinski definition) is 2. The Hall–Kier alpha value is -1.66. The number of nitrogens with zero attached hydrogens (tertiary/aromatic N) is 3. The van der Waals surface area contributed by atoms with Crippen molar-refractivity contribution < 1.29 is 10.0 Å². The second kappa shape index (κ2) is 3.84. The molecule has 2 aromatic heterocycles. The van der Waals surface area contributed by atoms with Gasteiger partial charge in [-0.1, -0.05) is 0 Å². The van der Waals surface area contributed by atoms with Gasteiger partial charge in [-0.2, -0.15) is 5.10 Å². The average molecular weight is 203 g/mol. The molecular formula is C9H10BN3O2. The lowest BCUT2D eigenvalue weighted by Gasteiger charge is -2.02. The molecular weight excluding hydrogens is 193 g/mol. The Kier molecular flexibility index (Phi) is 2.53. The minimum absolute atomic E-state index is 0.396. The number of pyridine rings is 1. The van der Waals surface area contributed by atoms with Crippen molar-refractivity contribution in [3.05, 3.63) is 36.3 Å². The third-order valence-corrected chi connectivity index (χ3v) is 2.01. The first kappa shape index (κ1) is 9.88. The molecule has 15 heavy (non-hydrogen) atoms. The average Bonchev–Trinajstić information content (AvgIpc) is 2.65. The third-order valence-electron chi connectivity index (χ3n) is 2.01. The van der Waals surface area contributed by atoms with Crippen molar-refractivity contribution in [2.75, 3.05) is 0 Å². The summed E-state index contributed by atoms with van der Waals surface area (Å²) in [5, 5.41) is 22.1. The fourth-order valence-corrected chi connectivity index (χ4v) is 1.26. The molecule has 0 unspecified atom stereocenters. The summed E-state index contributed by atoms with van der Waals surface area (Å²) in [4.78, 5) is 4.08. The van der Waals surface area contributed by atoms with Crippen molar-refractivity contribution in [3.8, 4) is 5.82 Å². The predicted molar refractivity (Wildman–Crippen MR) is 55.9 cm³/mol. The van der Waals surface area contributed by atoms with Gasteiger partial charge in [0.1, 0.15) is 0 Å². The maximum Gasteiger partial charge on any atom is 0.488 e. The van der Waals surface area contributed by atoms with Crippen LogP contribution in [-0.4, -0.2) is 31.9 Å². The summed E-state index contributed by atoms with van der Waals surface area (Å²) in [5.74, 6) is 0.564. The van der Waals surface area contributed by atoms with Gasteiger partial charge < -0.3 is 10.0 Å². The lowest BCUT2D eigenvalue weighted by Crippen LogP contribution is -2.30. The van der Waals surface area contributed by atoms with E-state index in [0.717, 1.165) is 5.56 Å². The van der Waals surface area contributed by atoms with Crippen LogP contribution in [0.2, 0.25) is 0 Å². The normalized spacial score (nSPS) is 10.3. The Balaban J connectivity index is 2.41. The summed E-state index contributed by atoms with van der Waals surface area (Å²) < 4.78 is 1.58. The van der Waals surface area contributed by atoms with Crippen LogP contribution in [0.15, 0.2) is 30.7 Å². The zero-order valence-electron chi connectivity index (χ0n) is 8.20. The maximum atomic E-state index is 9.00. The first-order valence-electron chi connectivity index (χ1n) is 4.50. The monoisotopic (exact) mass is 203 g/mol. The van der Waals surface area contributed by atoms with Crippen LogP contribution < -0.4 is 5.46 Å². The number of rotatable bonds is 2. The largest absolute Gasteiger partial charge is 0.488 e. The molecule has 5 nitrogen and oxygen atoms in total. The fourth-order valence-electron chi connectivity index (χ4n) is 1.26. The number of aromatic nitrogens is 3. The van der Waals surface area contributed by atoms with E-state index in [1.807, 2.05) is 13.1 Å². The summed E-state index contributed by atoms with van der Waals surface area (Å²) in [5.41, 5.74) is 1.42. The zero-order valence-corrected chi connectivity index (χ0v) is 8.20. The van der Waals surface area contributed by atoms with E-state index in [1.165, 1.54) is 6.20 Å². The highest BCUT2D eigenvalue weighted by atomic mass is 16.4. The zero-order chi connectivity index (χ0) is 10.8. The van der Waals surface area contributed by atoms with Crippen LogP contribution in [0.1, 0.15) is 5.56 Å². The van der Waals surface area contributed by atoms with Gasteiger partial charge in [0.25, 0.3) is 0 Å². The molecule has 0 aromatic carbocycles. The molecule has 0 saturated carbocycles. The van der Waals surface area contributed by atoms with E-state index in [-0.39, 0.29) is 0 Å². The van der Waals surface area contributed by atoms with E-state index < -0.39 is 7.12 Å². The molecule has 0 fully saturated rings. The molecule has 0 bridgehead atoms. The van der Waals surface area contributed by atoms with Crippen LogP contribution in [-0.2, 0) is 0 Å². The Morgan fingerprint density at radius 3 is 2.80 bits per heavy atom. The fraction of sp³-hybridized carbons (Fsp3) is 0.111. The molecule has 2 rings (SSSR count). The van der Waals surface area contributed by atoms with Crippen LogP contribution in [0.5, 0.6) is 0 Å². The molecule has 0 aliphatic carbocycles. The molecule has 0 atom stereocenters. The van der Waals surface area contributed by atoms with Crippen LogP contribution in [0, 0.1) is 6.92 Å². The van der Waals surface area contributed by atoms with Crippen molar-refractivity contribution >= 4 is 12.6 Å². The van der Waals surface area contributed by atoms with Gasteiger partial charge in [0, 0.05) is 12.4 Å². The van der Waals surface area contributed by atoms with Gasteiger partial charge in [0.15, 0.2) is 5.82 Å². The molecule has 2 N–H and O–H groups in total.